The van der Waals surface area contributed by atoms with Crippen molar-refractivity contribution >= 4 is 27.7 Å². The van der Waals surface area contributed by atoms with Crippen molar-refractivity contribution in [3.05, 3.63) is 41.7 Å². The van der Waals surface area contributed by atoms with Gasteiger partial charge in [0.1, 0.15) is 11.6 Å². The first kappa shape index (κ1) is 17.8. The summed E-state index contributed by atoms with van der Waals surface area (Å²) in [4.78, 5) is 21.2. The molecule has 5 nitrogen and oxygen atoms in total. The highest BCUT2D eigenvalue weighted by molar-refractivity contribution is 7.13. The molecule has 1 aliphatic carbocycles. The van der Waals surface area contributed by atoms with Crippen molar-refractivity contribution in [2.45, 2.75) is 32.0 Å². The zero-order chi connectivity index (χ0) is 19.2. The third-order valence-electron chi connectivity index (χ3n) is 4.49. The lowest BCUT2D eigenvalue weighted by molar-refractivity contribution is -0.158. The van der Waals surface area contributed by atoms with Gasteiger partial charge < -0.3 is 5.32 Å². The lowest BCUT2D eigenvalue weighted by atomic mass is 10.1. The number of amides is 1. The fourth-order valence-electron chi connectivity index (χ4n) is 2.97. The third kappa shape index (κ3) is 3.51. The number of nitrogens with zero attached hydrogens (tertiary/aromatic N) is 3. The van der Waals surface area contributed by atoms with Crippen LogP contribution >= 0.6 is 11.5 Å². The first-order valence-corrected chi connectivity index (χ1v) is 9.18. The zero-order valence-corrected chi connectivity index (χ0v) is 15.1. The van der Waals surface area contributed by atoms with Crippen LogP contribution in [0.4, 0.5) is 13.2 Å². The number of aryl methyl sites for hydroxylation is 1. The van der Waals surface area contributed by atoms with Gasteiger partial charge in [-0.05, 0) is 61.0 Å². The molecular weight excluding hydrogens is 377 g/mol. The predicted molar refractivity (Wildman–Crippen MR) is 95.4 cm³/mol. The summed E-state index contributed by atoms with van der Waals surface area (Å²) in [7, 11) is 0. The van der Waals surface area contributed by atoms with Crippen LogP contribution in [0.5, 0.6) is 0 Å². The predicted octanol–water partition coefficient (Wildman–Crippen LogP) is 4.13. The van der Waals surface area contributed by atoms with Gasteiger partial charge in [0.25, 0.3) is 5.91 Å². The molecule has 0 aliphatic heterocycles. The summed E-state index contributed by atoms with van der Waals surface area (Å²) < 4.78 is 44.4. The van der Waals surface area contributed by atoms with Crippen molar-refractivity contribution in [2.75, 3.05) is 0 Å². The molecule has 3 aromatic rings. The van der Waals surface area contributed by atoms with E-state index in [2.05, 4.69) is 19.7 Å². The van der Waals surface area contributed by atoms with E-state index in [9.17, 15) is 18.0 Å². The van der Waals surface area contributed by atoms with E-state index in [-0.39, 0.29) is 5.69 Å². The van der Waals surface area contributed by atoms with Gasteiger partial charge in [-0.1, -0.05) is 6.07 Å². The molecule has 1 aliphatic rings. The van der Waals surface area contributed by atoms with Crippen molar-refractivity contribution in [2.24, 2.45) is 5.92 Å². The normalized spacial score (nSPS) is 15.7. The Hall–Kier alpha value is -2.55. The second-order valence-electron chi connectivity index (χ2n) is 6.58. The number of fused-ring (bicyclic) bond motifs is 1. The number of carbonyl (C=O) groups is 1. The molecule has 4 rings (SSSR count). The molecule has 0 spiro atoms. The fourth-order valence-corrected chi connectivity index (χ4v) is 3.76. The summed E-state index contributed by atoms with van der Waals surface area (Å²) in [6.07, 6.45) is -1.93. The van der Waals surface area contributed by atoms with Crippen molar-refractivity contribution in [3.8, 4) is 11.4 Å². The summed E-state index contributed by atoms with van der Waals surface area (Å²) in [5, 5.41) is 2.12. The third-order valence-corrected chi connectivity index (χ3v) is 5.46. The topological polar surface area (TPSA) is 67.8 Å². The Morgan fingerprint density at radius 3 is 2.70 bits per heavy atom. The number of halogens is 3. The van der Waals surface area contributed by atoms with Gasteiger partial charge in [-0.15, -0.1) is 0 Å². The van der Waals surface area contributed by atoms with Crippen LogP contribution in [0.15, 0.2) is 30.5 Å². The molecule has 9 heteroatoms. The molecule has 1 fully saturated rings. The minimum atomic E-state index is -4.48. The van der Waals surface area contributed by atoms with Crippen molar-refractivity contribution in [1.29, 1.82) is 0 Å². The maximum Gasteiger partial charge on any atom is 0.408 e. The molecule has 3 heterocycles. The van der Waals surface area contributed by atoms with Crippen LogP contribution in [0.25, 0.3) is 21.6 Å². The lowest BCUT2D eigenvalue weighted by Gasteiger charge is -2.20. The number of hydrogen-bond acceptors (Lipinski definition) is 5. The van der Waals surface area contributed by atoms with E-state index in [4.69, 9.17) is 0 Å². The smallest absolute Gasteiger partial charge is 0.339 e. The van der Waals surface area contributed by atoms with E-state index < -0.39 is 24.0 Å². The highest BCUT2D eigenvalue weighted by atomic mass is 32.1. The Labute approximate surface area is 156 Å². The van der Waals surface area contributed by atoms with E-state index in [0.29, 0.717) is 34.4 Å². The van der Waals surface area contributed by atoms with E-state index in [1.807, 2.05) is 19.1 Å². The second kappa shape index (κ2) is 6.56. The van der Waals surface area contributed by atoms with Gasteiger partial charge in [-0.2, -0.15) is 17.5 Å². The Morgan fingerprint density at radius 1 is 1.30 bits per heavy atom. The molecule has 1 N–H and O–H groups in total. The van der Waals surface area contributed by atoms with Crippen molar-refractivity contribution in [1.82, 2.24) is 19.7 Å². The van der Waals surface area contributed by atoms with Crippen LogP contribution in [-0.2, 0) is 0 Å². The van der Waals surface area contributed by atoms with Crippen LogP contribution in [0.1, 0.15) is 28.9 Å². The number of aromatic nitrogens is 3. The number of nitrogens with one attached hydrogen (secondary N) is 1. The monoisotopic (exact) mass is 392 g/mol. The number of carbonyl (C=O) groups excluding carboxylic acids is 1. The molecule has 1 unspecified atom stereocenters. The van der Waals surface area contributed by atoms with Crippen LogP contribution in [0, 0.1) is 12.8 Å². The Kier molecular flexibility index (Phi) is 4.33. The zero-order valence-electron chi connectivity index (χ0n) is 14.2. The molecule has 1 atom stereocenters. The maximum atomic E-state index is 13.2. The molecule has 0 aromatic carbocycles. The Morgan fingerprint density at radius 2 is 2.07 bits per heavy atom. The summed E-state index contributed by atoms with van der Waals surface area (Å²) in [6, 6.07) is 5.34. The highest BCUT2D eigenvalue weighted by Crippen LogP contribution is 2.40. The largest absolute Gasteiger partial charge is 0.408 e. The number of pyridine rings is 2. The molecule has 27 heavy (non-hydrogen) atoms. The number of hydrogen-bond donors (Lipinski definition) is 1. The molecule has 0 saturated heterocycles. The van der Waals surface area contributed by atoms with Crippen molar-refractivity contribution < 1.29 is 18.0 Å². The quantitative estimate of drug-likeness (QED) is 0.725. The van der Waals surface area contributed by atoms with E-state index in [1.54, 1.807) is 18.3 Å². The van der Waals surface area contributed by atoms with E-state index in [0.717, 1.165) is 17.1 Å². The minimum Gasteiger partial charge on any atom is -0.339 e. The van der Waals surface area contributed by atoms with Gasteiger partial charge in [0.2, 0.25) is 0 Å². The van der Waals surface area contributed by atoms with E-state index >= 15 is 0 Å². The highest BCUT2D eigenvalue weighted by Gasteiger charge is 2.50. The summed E-state index contributed by atoms with van der Waals surface area (Å²) in [6.45, 7) is 1.85. The molecule has 3 aromatic heterocycles. The van der Waals surface area contributed by atoms with Gasteiger partial charge >= 0.3 is 6.18 Å². The van der Waals surface area contributed by atoms with Crippen molar-refractivity contribution in [3.63, 3.8) is 0 Å². The maximum absolute atomic E-state index is 13.2. The molecule has 1 amide bonds. The second-order valence-corrected chi connectivity index (χ2v) is 7.35. The van der Waals surface area contributed by atoms with Gasteiger partial charge in [0.15, 0.2) is 5.69 Å². The number of rotatable bonds is 4. The Bertz CT molecular complexity index is 999. The van der Waals surface area contributed by atoms with Crippen LogP contribution in [-0.4, -0.2) is 32.5 Å². The van der Waals surface area contributed by atoms with E-state index in [1.165, 1.54) is 0 Å². The van der Waals surface area contributed by atoms with Crippen LogP contribution in [0.2, 0.25) is 0 Å². The molecule has 140 valence electrons. The first-order chi connectivity index (χ1) is 12.8. The van der Waals surface area contributed by atoms with Gasteiger partial charge in [0, 0.05) is 6.20 Å². The van der Waals surface area contributed by atoms with Crippen LogP contribution in [0.3, 0.4) is 0 Å². The summed E-state index contributed by atoms with van der Waals surface area (Å²) >= 11 is 1.06. The summed E-state index contributed by atoms with van der Waals surface area (Å²) in [5.41, 5.74) is 2.23. The average Bonchev–Trinajstić information content (AvgIpc) is 3.37. The minimum absolute atomic E-state index is 0.0780. The number of alkyl halides is 3. The molecule has 0 radical (unpaired) electrons. The average molecular weight is 392 g/mol. The Balaban J connectivity index is 1.71. The molecule has 1 saturated carbocycles. The van der Waals surface area contributed by atoms with Gasteiger partial charge in [-0.25, -0.2) is 4.98 Å². The lowest BCUT2D eigenvalue weighted by Crippen LogP contribution is -2.47. The SMILES string of the molecule is Cc1cc(-c2ccccn2)nc2c(C(=O)NC(C3CC3)C(F)(F)F)nsc12. The summed E-state index contributed by atoms with van der Waals surface area (Å²) in [5.74, 6) is -1.40. The van der Waals surface area contributed by atoms with Gasteiger partial charge in [-0.3, -0.25) is 9.78 Å². The fraction of sp³-hybridized carbons (Fsp3) is 0.333. The standard InChI is InChI=1S/C18H15F3N4OS/c1-9-8-12(11-4-2-3-7-22-11)23-13-14(25-27-15(9)13)17(26)24-16(10-5-6-10)18(19,20)21/h2-4,7-8,10,16H,5-6H2,1H3,(H,24,26). The van der Waals surface area contributed by atoms with Crippen LogP contribution < -0.4 is 5.32 Å². The molecule has 0 bridgehead atoms. The molecular formula is C18H15F3N4OS. The first-order valence-electron chi connectivity index (χ1n) is 8.40. The van der Waals surface area contributed by atoms with Gasteiger partial charge in [0.05, 0.1) is 16.1 Å².